The first kappa shape index (κ1) is 15.7. The van der Waals surface area contributed by atoms with Crippen LogP contribution in [0.4, 0.5) is 8.78 Å². The highest BCUT2D eigenvalue weighted by atomic mass is 19.3. The number of alkyl halides is 2. The van der Waals surface area contributed by atoms with Crippen molar-refractivity contribution in [2.45, 2.75) is 26.1 Å². The van der Waals surface area contributed by atoms with E-state index in [1.54, 1.807) is 17.0 Å². The van der Waals surface area contributed by atoms with Gasteiger partial charge in [-0.3, -0.25) is 9.69 Å². The van der Waals surface area contributed by atoms with Gasteiger partial charge in [0.2, 0.25) is 0 Å². The first-order valence-corrected chi connectivity index (χ1v) is 6.56. The smallest absolute Gasteiger partial charge is 0.387 e. The van der Waals surface area contributed by atoms with E-state index < -0.39 is 18.6 Å². The number of nitrogens with zero attached hydrogens (tertiary/aromatic N) is 1. The summed E-state index contributed by atoms with van der Waals surface area (Å²) in [6.45, 7) is 0.0888. The standard InChI is InChI=1S/C14H17F2NO4/c1-9-2-3-12(21-14(15)16)10(6-9)7-17-4-5-20-8-11(17)13(18)19/h2-3,6,11,14H,4-5,7-8H2,1H3,(H,18,19). The molecule has 2 rings (SSSR count). The van der Waals surface area contributed by atoms with Gasteiger partial charge in [0.25, 0.3) is 0 Å². The summed E-state index contributed by atoms with van der Waals surface area (Å²) < 4.78 is 34.5. The Kier molecular flexibility index (Phi) is 5.08. The van der Waals surface area contributed by atoms with Crippen LogP contribution in [0, 0.1) is 6.92 Å². The summed E-state index contributed by atoms with van der Waals surface area (Å²) in [6, 6.07) is 4.10. The SMILES string of the molecule is Cc1ccc(OC(F)F)c(CN2CCOCC2C(=O)O)c1. The number of hydrogen-bond acceptors (Lipinski definition) is 4. The van der Waals surface area contributed by atoms with Crippen LogP contribution in [0.2, 0.25) is 0 Å². The van der Waals surface area contributed by atoms with Crippen molar-refractivity contribution in [1.29, 1.82) is 0 Å². The van der Waals surface area contributed by atoms with Crippen LogP contribution in [0.25, 0.3) is 0 Å². The highest BCUT2D eigenvalue weighted by Crippen LogP contribution is 2.25. The number of carboxylic acid groups (broad SMARTS) is 1. The average molecular weight is 301 g/mol. The molecule has 1 aromatic carbocycles. The molecule has 1 aromatic rings. The number of carbonyl (C=O) groups is 1. The molecule has 5 nitrogen and oxygen atoms in total. The molecule has 7 heteroatoms. The molecule has 1 N–H and O–H groups in total. The second kappa shape index (κ2) is 6.82. The first-order chi connectivity index (χ1) is 9.97. The molecule has 0 aromatic heterocycles. The average Bonchev–Trinajstić information content (AvgIpc) is 2.42. The second-order valence-electron chi connectivity index (χ2n) is 4.89. The van der Waals surface area contributed by atoms with E-state index in [4.69, 9.17) is 4.74 Å². The summed E-state index contributed by atoms with van der Waals surface area (Å²) in [7, 11) is 0. The summed E-state index contributed by atoms with van der Waals surface area (Å²) in [5.41, 5.74) is 1.44. The molecule has 1 aliphatic rings. The molecule has 1 fully saturated rings. The van der Waals surface area contributed by atoms with Crippen molar-refractivity contribution in [1.82, 2.24) is 4.90 Å². The Balaban J connectivity index is 2.20. The molecule has 1 heterocycles. The number of rotatable bonds is 5. The molecule has 1 aliphatic heterocycles. The Morgan fingerprint density at radius 1 is 1.57 bits per heavy atom. The van der Waals surface area contributed by atoms with Gasteiger partial charge in [-0.05, 0) is 13.0 Å². The first-order valence-electron chi connectivity index (χ1n) is 6.56. The second-order valence-corrected chi connectivity index (χ2v) is 4.89. The Labute approximate surface area is 121 Å². The monoisotopic (exact) mass is 301 g/mol. The fourth-order valence-corrected chi connectivity index (χ4v) is 2.32. The number of hydrogen-bond donors (Lipinski definition) is 1. The number of aryl methyl sites for hydroxylation is 1. The number of aliphatic carboxylic acids is 1. The van der Waals surface area contributed by atoms with Gasteiger partial charge in [-0.1, -0.05) is 17.7 Å². The molecule has 0 bridgehead atoms. The highest BCUT2D eigenvalue weighted by molar-refractivity contribution is 5.73. The minimum atomic E-state index is -2.91. The predicted octanol–water partition coefficient (Wildman–Crippen LogP) is 1.88. The quantitative estimate of drug-likeness (QED) is 0.900. The lowest BCUT2D eigenvalue weighted by atomic mass is 10.1. The topological polar surface area (TPSA) is 59.0 Å². The summed E-state index contributed by atoms with van der Waals surface area (Å²) in [5, 5.41) is 9.18. The number of benzene rings is 1. The zero-order chi connectivity index (χ0) is 15.4. The molecule has 0 radical (unpaired) electrons. The van der Waals surface area contributed by atoms with Crippen molar-refractivity contribution >= 4 is 5.97 Å². The van der Waals surface area contributed by atoms with Gasteiger partial charge in [0.1, 0.15) is 11.8 Å². The largest absolute Gasteiger partial charge is 0.480 e. The Morgan fingerprint density at radius 3 is 3.00 bits per heavy atom. The third-order valence-corrected chi connectivity index (χ3v) is 3.33. The van der Waals surface area contributed by atoms with E-state index in [9.17, 15) is 18.7 Å². The van der Waals surface area contributed by atoms with E-state index >= 15 is 0 Å². The molecular formula is C14H17F2NO4. The van der Waals surface area contributed by atoms with Crippen molar-refractivity contribution in [3.63, 3.8) is 0 Å². The van der Waals surface area contributed by atoms with Gasteiger partial charge in [0, 0.05) is 18.7 Å². The van der Waals surface area contributed by atoms with Gasteiger partial charge in [-0.25, -0.2) is 0 Å². The Bertz CT molecular complexity index is 510. The van der Waals surface area contributed by atoms with Crippen LogP contribution < -0.4 is 4.74 Å². The van der Waals surface area contributed by atoms with E-state index in [0.29, 0.717) is 18.7 Å². The van der Waals surface area contributed by atoms with Gasteiger partial charge in [0.05, 0.1) is 13.2 Å². The molecular weight excluding hydrogens is 284 g/mol. The maximum absolute atomic E-state index is 12.4. The molecule has 21 heavy (non-hydrogen) atoms. The van der Waals surface area contributed by atoms with Crippen LogP contribution in [-0.2, 0) is 16.1 Å². The minimum Gasteiger partial charge on any atom is -0.480 e. The fraction of sp³-hybridized carbons (Fsp3) is 0.500. The van der Waals surface area contributed by atoms with E-state index in [1.807, 2.05) is 6.92 Å². The molecule has 1 saturated heterocycles. The van der Waals surface area contributed by atoms with Gasteiger partial charge in [-0.15, -0.1) is 0 Å². The minimum absolute atomic E-state index is 0.0752. The maximum Gasteiger partial charge on any atom is 0.387 e. The van der Waals surface area contributed by atoms with Crippen LogP contribution in [0.3, 0.4) is 0 Å². The van der Waals surface area contributed by atoms with E-state index in [2.05, 4.69) is 4.74 Å². The Morgan fingerprint density at radius 2 is 2.33 bits per heavy atom. The van der Waals surface area contributed by atoms with Crippen LogP contribution in [0.15, 0.2) is 18.2 Å². The number of morpholine rings is 1. The lowest BCUT2D eigenvalue weighted by Gasteiger charge is -2.33. The van der Waals surface area contributed by atoms with Gasteiger partial charge < -0.3 is 14.6 Å². The third-order valence-electron chi connectivity index (χ3n) is 3.33. The fourth-order valence-electron chi connectivity index (χ4n) is 2.32. The summed E-state index contributed by atoms with van der Waals surface area (Å²) in [5.74, 6) is -0.912. The molecule has 0 spiro atoms. The molecule has 0 saturated carbocycles. The van der Waals surface area contributed by atoms with Gasteiger partial charge in [0.15, 0.2) is 0 Å². The Hall–Kier alpha value is -1.73. The molecule has 0 aliphatic carbocycles. The molecule has 1 atom stereocenters. The van der Waals surface area contributed by atoms with E-state index in [-0.39, 0.29) is 18.9 Å². The van der Waals surface area contributed by atoms with Crippen LogP contribution in [0.5, 0.6) is 5.75 Å². The maximum atomic E-state index is 12.4. The predicted molar refractivity (Wildman–Crippen MR) is 70.5 cm³/mol. The van der Waals surface area contributed by atoms with E-state index in [1.165, 1.54) is 6.07 Å². The van der Waals surface area contributed by atoms with Crippen molar-refractivity contribution in [2.75, 3.05) is 19.8 Å². The normalized spacial score (nSPS) is 19.7. The summed E-state index contributed by atoms with van der Waals surface area (Å²) in [4.78, 5) is 12.9. The number of halogens is 2. The van der Waals surface area contributed by atoms with Crippen LogP contribution in [0.1, 0.15) is 11.1 Å². The van der Waals surface area contributed by atoms with Crippen LogP contribution in [-0.4, -0.2) is 48.4 Å². The number of carboxylic acids is 1. The third kappa shape index (κ3) is 4.12. The lowest BCUT2D eigenvalue weighted by Crippen LogP contribution is -2.49. The van der Waals surface area contributed by atoms with Crippen molar-refractivity contribution in [3.05, 3.63) is 29.3 Å². The van der Waals surface area contributed by atoms with Crippen LogP contribution >= 0.6 is 0 Å². The highest BCUT2D eigenvalue weighted by Gasteiger charge is 2.29. The van der Waals surface area contributed by atoms with E-state index in [0.717, 1.165) is 5.56 Å². The number of ether oxygens (including phenoxy) is 2. The van der Waals surface area contributed by atoms with Crippen molar-refractivity contribution < 1.29 is 28.2 Å². The summed E-state index contributed by atoms with van der Waals surface area (Å²) in [6.07, 6.45) is 0. The molecule has 116 valence electrons. The van der Waals surface area contributed by atoms with Gasteiger partial charge >= 0.3 is 12.6 Å². The molecule has 1 unspecified atom stereocenters. The van der Waals surface area contributed by atoms with Crippen molar-refractivity contribution in [2.24, 2.45) is 0 Å². The lowest BCUT2D eigenvalue weighted by molar-refractivity contribution is -0.150. The zero-order valence-electron chi connectivity index (χ0n) is 11.6. The van der Waals surface area contributed by atoms with Crippen molar-refractivity contribution in [3.8, 4) is 5.75 Å². The molecule has 0 amide bonds. The zero-order valence-corrected chi connectivity index (χ0v) is 11.6. The summed E-state index contributed by atoms with van der Waals surface area (Å²) >= 11 is 0. The van der Waals surface area contributed by atoms with Gasteiger partial charge in [-0.2, -0.15) is 8.78 Å².